The molecule has 0 aliphatic carbocycles. The lowest BCUT2D eigenvalue weighted by atomic mass is 9.93. The van der Waals surface area contributed by atoms with Gasteiger partial charge in [0.1, 0.15) is 0 Å². The van der Waals surface area contributed by atoms with Gasteiger partial charge in [-0.3, -0.25) is 0 Å². The Morgan fingerprint density at radius 2 is 2.41 bits per heavy atom. The van der Waals surface area contributed by atoms with Crippen molar-refractivity contribution >= 4 is 11.3 Å². The lowest BCUT2D eigenvalue weighted by Gasteiger charge is -2.31. The van der Waals surface area contributed by atoms with E-state index in [2.05, 4.69) is 36.1 Å². The second kappa shape index (κ2) is 5.94. The van der Waals surface area contributed by atoms with Crippen molar-refractivity contribution in [2.24, 2.45) is 5.92 Å². The van der Waals surface area contributed by atoms with Gasteiger partial charge in [0, 0.05) is 24.0 Å². The van der Waals surface area contributed by atoms with Gasteiger partial charge in [-0.2, -0.15) is 0 Å². The first-order valence-corrected chi connectivity index (χ1v) is 7.34. The molecule has 0 bridgehead atoms. The standard InChI is InChI=1S/C13H23N3S/c1-10-6-12(4-5-14-10)7-16(3)8-13-11(2)15-9-17-13/h9-10,12,14H,4-8H2,1-3H3. The summed E-state index contributed by atoms with van der Waals surface area (Å²) in [5.41, 5.74) is 3.14. The Hall–Kier alpha value is -0.450. The summed E-state index contributed by atoms with van der Waals surface area (Å²) in [6, 6.07) is 0.687. The minimum Gasteiger partial charge on any atom is -0.314 e. The molecule has 2 atom stereocenters. The van der Waals surface area contributed by atoms with Gasteiger partial charge in [-0.1, -0.05) is 0 Å². The van der Waals surface area contributed by atoms with Crippen LogP contribution in [0.5, 0.6) is 0 Å². The molecule has 1 aromatic rings. The smallest absolute Gasteiger partial charge is 0.0798 e. The van der Waals surface area contributed by atoms with Crippen LogP contribution in [0.3, 0.4) is 0 Å². The summed E-state index contributed by atoms with van der Waals surface area (Å²) in [7, 11) is 2.23. The van der Waals surface area contributed by atoms with Crippen molar-refractivity contribution in [1.29, 1.82) is 0 Å². The summed E-state index contributed by atoms with van der Waals surface area (Å²) in [6.07, 6.45) is 2.63. The highest BCUT2D eigenvalue weighted by atomic mass is 32.1. The Kier molecular flexibility index (Phi) is 4.54. The minimum absolute atomic E-state index is 0.687. The maximum Gasteiger partial charge on any atom is 0.0798 e. The third-order valence-electron chi connectivity index (χ3n) is 3.56. The topological polar surface area (TPSA) is 28.2 Å². The zero-order chi connectivity index (χ0) is 12.3. The van der Waals surface area contributed by atoms with Crippen molar-refractivity contribution in [3.63, 3.8) is 0 Å². The van der Waals surface area contributed by atoms with Gasteiger partial charge >= 0.3 is 0 Å². The Labute approximate surface area is 108 Å². The molecule has 96 valence electrons. The third kappa shape index (κ3) is 3.76. The lowest BCUT2D eigenvalue weighted by molar-refractivity contribution is 0.216. The first-order chi connectivity index (χ1) is 8.15. The van der Waals surface area contributed by atoms with E-state index in [1.165, 1.54) is 36.5 Å². The van der Waals surface area contributed by atoms with Crippen LogP contribution in [-0.2, 0) is 6.54 Å². The number of hydrogen-bond acceptors (Lipinski definition) is 4. The van der Waals surface area contributed by atoms with Crippen LogP contribution < -0.4 is 5.32 Å². The Morgan fingerprint density at radius 1 is 1.59 bits per heavy atom. The van der Waals surface area contributed by atoms with Crippen LogP contribution >= 0.6 is 11.3 Å². The average molecular weight is 253 g/mol. The molecule has 1 N–H and O–H groups in total. The highest BCUT2D eigenvalue weighted by Crippen LogP contribution is 2.19. The molecule has 2 unspecified atom stereocenters. The zero-order valence-corrected chi connectivity index (χ0v) is 11.9. The number of thiazole rings is 1. The molecule has 0 saturated carbocycles. The van der Waals surface area contributed by atoms with Gasteiger partial charge in [0.25, 0.3) is 0 Å². The highest BCUT2D eigenvalue weighted by molar-refractivity contribution is 7.09. The minimum atomic E-state index is 0.687. The Balaban J connectivity index is 1.80. The monoisotopic (exact) mass is 253 g/mol. The molecular formula is C13H23N3S. The van der Waals surface area contributed by atoms with E-state index in [0.29, 0.717) is 6.04 Å². The van der Waals surface area contributed by atoms with E-state index in [1.54, 1.807) is 11.3 Å². The Morgan fingerprint density at radius 3 is 3.06 bits per heavy atom. The van der Waals surface area contributed by atoms with E-state index < -0.39 is 0 Å². The van der Waals surface area contributed by atoms with Crippen LogP contribution in [-0.4, -0.2) is 36.1 Å². The maximum absolute atomic E-state index is 4.31. The molecule has 17 heavy (non-hydrogen) atoms. The van der Waals surface area contributed by atoms with Gasteiger partial charge < -0.3 is 10.2 Å². The summed E-state index contributed by atoms with van der Waals surface area (Å²) in [5.74, 6) is 0.851. The van der Waals surface area contributed by atoms with Gasteiger partial charge in [-0.25, -0.2) is 4.98 Å². The van der Waals surface area contributed by atoms with Crippen molar-refractivity contribution in [2.45, 2.75) is 39.3 Å². The molecule has 2 rings (SSSR count). The average Bonchev–Trinajstić information content (AvgIpc) is 2.64. The first-order valence-electron chi connectivity index (χ1n) is 6.46. The van der Waals surface area contributed by atoms with E-state index in [9.17, 15) is 0 Å². The fourth-order valence-electron chi connectivity index (χ4n) is 2.63. The fourth-order valence-corrected chi connectivity index (χ4v) is 3.49. The molecule has 1 saturated heterocycles. The number of nitrogens with one attached hydrogen (secondary N) is 1. The van der Waals surface area contributed by atoms with Crippen molar-refractivity contribution in [1.82, 2.24) is 15.2 Å². The molecule has 1 fully saturated rings. The summed E-state index contributed by atoms with van der Waals surface area (Å²) in [5, 5.41) is 3.51. The predicted molar refractivity (Wildman–Crippen MR) is 73.4 cm³/mol. The molecule has 3 nitrogen and oxygen atoms in total. The van der Waals surface area contributed by atoms with Crippen LogP contribution in [0.25, 0.3) is 0 Å². The van der Waals surface area contributed by atoms with Crippen LogP contribution in [0, 0.1) is 12.8 Å². The molecule has 1 aromatic heterocycles. The maximum atomic E-state index is 4.31. The highest BCUT2D eigenvalue weighted by Gasteiger charge is 2.19. The molecule has 4 heteroatoms. The first kappa shape index (κ1) is 13.0. The summed E-state index contributed by atoms with van der Waals surface area (Å²) < 4.78 is 0. The number of piperidine rings is 1. The molecule has 1 aliphatic heterocycles. The zero-order valence-electron chi connectivity index (χ0n) is 11.1. The predicted octanol–water partition coefficient (Wildman–Crippen LogP) is 2.27. The van der Waals surface area contributed by atoms with E-state index in [1.807, 2.05) is 5.51 Å². The van der Waals surface area contributed by atoms with Gasteiger partial charge in [0.05, 0.1) is 11.2 Å². The van der Waals surface area contributed by atoms with Crippen LogP contribution in [0.4, 0.5) is 0 Å². The number of nitrogens with zero attached hydrogens (tertiary/aromatic N) is 2. The summed E-state index contributed by atoms with van der Waals surface area (Å²) >= 11 is 1.78. The van der Waals surface area contributed by atoms with Crippen molar-refractivity contribution in [3.8, 4) is 0 Å². The number of aromatic nitrogens is 1. The molecule has 0 spiro atoms. The van der Waals surface area contributed by atoms with Gasteiger partial charge in [-0.05, 0) is 46.2 Å². The van der Waals surface area contributed by atoms with Crippen molar-refractivity contribution < 1.29 is 0 Å². The largest absolute Gasteiger partial charge is 0.314 e. The molecule has 0 radical (unpaired) electrons. The van der Waals surface area contributed by atoms with Gasteiger partial charge in [0.15, 0.2) is 0 Å². The van der Waals surface area contributed by atoms with Crippen LogP contribution in [0.15, 0.2) is 5.51 Å². The molecule has 0 aromatic carbocycles. The third-order valence-corrected chi connectivity index (χ3v) is 4.48. The number of rotatable bonds is 4. The van der Waals surface area contributed by atoms with Gasteiger partial charge in [0.2, 0.25) is 0 Å². The van der Waals surface area contributed by atoms with Crippen LogP contribution in [0.1, 0.15) is 30.3 Å². The van der Waals surface area contributed by atoms with Gasteiger partial charge in [-0.15, -0.1) is 11.3 Å². The van der Waals surface area contributed by atoms with Crippen molar-refractivity contribution in [3.05, 3.63) is 16.1 Å². The Bertz CT molecular complexity index is 350. The molecular weight excluding hydrogens is 230 g/mol. The van der Waals surface area contributed by atoms with Crippen LogP contribution in [0.2, 0.25) is 0 Å². The summed E-state index contributed by atoms with van der Waals surface area (Å²) in [6.45, 7) is 7.84. The quantitative estimate of drug-likeness (QED) is 0.892. The molecule has 0 amide bonds. The second-order valence-corrected chi connectivity index (χ2v) is 6.24. The SMILES string of the molecule is Cc1ncsc1CN(C)CC1CCNC(C)C1. The summed E-state index contributed by atoms with van der Waals surface area (Å²) in [4.78, 5) is 8.17. The number of hydrogen-bond donors (Lipinski definition) is 1. The molecule has 2 heterocycles. The molecule has 1 aliphatic rings. The second-order valence-electron chi connectivity index (χ2n) is 5.30. The lowest BCUT2D eigenvalue weighted by Crippen LogP contribution is -2.39. The van der Waals surface area contributed by atoms with E-state index in [0.717, 1.165) is 12.5 Å². The van der Waals surface area contributed by atoms with E-state index in [4.69, 9.17) is 0 Å². The normalized spacial score (nSPS) is 25.4. The number of aryl methyl sites for hydroxylation is 1. The fraction of sp³-hybridized carbons (Fsp3) is 0.769. The van der Waals surface area contributed by atoms with Crippen molar-refractivity contribution in [2.75, 3.05) is 20.1 Å². The van der Waals surface area contributed by atoms with E-state index >= 15 is 0 Å². The van der Waals surface area contributed by atoms with E-state index in [-0.39, 0.29) is 0 Å².